The minimum atomic E-state index is -0.640. The van der Waals surface area contributed by atoms with Crippen LogP contribution >= 0.6 is 0 Å². The summed E-state index contributed by atoms with van der Waals surface area (Å²) in [5.74, 6) is -0.00148. The van der Waals surface area contributed by atoms with E-state index in [2.05, 4.69) is 0 Å². The maximum atomic E-state index is 12.0. The second kappa shape index (κ2) is 7.26. The monoisotopic (exact) mass is 265 g/mol. The van der Waals surface area contributed by atoms with Crippen LogP contribution in [0.1, 0.15) is 16.7 Å². The highest BCUT2D eigenvalue weighted by Gasteiger charge is 2.14. The molecule has 0 aliphatic carbocycles. The van der Waals surface area contributed by atoms with Gasteiger partial charge in [0, 0.05) is 20.7 Å². The summed E-state index contributed by atoms with van der Waals surface area (Å²) in [5.41, 5.74) is 3.41. The first-order valence-corrected chi connectivity index (χ1v) is 6.41. The third-order valence-corrected chi connectivity index (χ3v) is 3.20. The summed E-state index contributed by atoms with van der Waals surface area (Å²) < 4.78 is 4.84. The Kier molecular flexibility index (Phi) is 5.99. The average molecular weight is 265 g/mol. The van der Waals surface area contributed by atoms with Crippen LogP contribution < -0.4 is 0 Å². The number of likely N-dealkylation sites (N-methyl/N-ethyl adjacent to an activating group) is 1. The number of carbonyl (C=O) groups excluding carboxylic acids is 1. The van der Waals surface area contributed by atoms with Crippen molar-refractivity contribution in [1.82, 2.24) is 4.90 Å². The van der Waals surface area contributed by atoms with Gasteiger partial charge in [0.25, 0.3) is 0 Å². The summed E-state index contributed by atoms with van der Waals surface area (Å²) in [6.07, 6.45) is -0.282. The number of ether oxygens (including phenoxy) is 1. The van der Waals surface area contributed by atoms with E-state index in [1.165, 1.54) is 18.2 Å². The molecule has 4 nitrogen and oxygen atoms in total. The molecule has 1 amide bonds. The highest BCUT2D eigenvalue weighted by Crippen LogP contribution is 2.11. The Labute approximate surface area is 115 Å². The quantitative estimate of drug-likeness (QED) is 0.843. The molecule has 1 atom stereocenters. The lowest BCUT2D eigenvalue weighted by Gasteiger charge is -2.20. The van der Waals surface area contributed by atoms with Gasteiger partial charge in [-0.3, -0.25) is 4.79 Å². The molecule has 0 heterocycles. The van der Waals surface area contributed by atoms with Crippen LogP contribution in [0.4, 0.5) is 0 Å². The molecule has 106 valence electrons. The Hall–Kier alpha value is -1.39. The summed E-state index contributed by atoms with van der Waals surface area (Å²) in [4.78, 5) is 13.6. The fourth-order valence-corrected chi connectivity index (χ4v) is 1.89. The predicted octanol–water partition coefficient (Wildman–Crippen LogP) is 1.31. The Bertz CT molecular complexity index is 431. The number of nitrogens with zero attached hydrogens (tertiary/aromatic N) is 1. The molecular weight excluding hydrogens is 242 g/mol. The van der Waals surface area contributed by atoms with Crippen molar-refractivity contribution in [1.29, 1.82) is 0 Å². The first kappa shape index (κ1) is 15.7. The minimum Gasteiger partial charge on any atom is -0.389 e. The molecule has 1 aromatic carbocycles. The maximum absolute atomic E-state index is 12.0. The number of rotatable bonds is 6. The van der Waals surface area contributed by atoms with E-state index in [-0.39, 0.29) is 19.1 Å². The van der Waals surface area contributed by atoms with Crippen molar-refractivity contribution in [3.05, 3.63) is 34.9 Å². The molecule has 4 heteroatoms. The third-order valence-electron chi connectivity index (χ3n) is 3.20. The van der Waals surface area contributed by atoms with Crippen molar-refractivity contribution in [3.8, 4) is 0 Å². The first-order chi connectivity index (χ1) is 8.93. The molecule has 1 aromatic rings. The summed E-state index contributed by atoms with van der Waals surface area (Å²) in [5, 5.41) is 9.60. The average Bonchev–Trinajstić information content (AvgIpc) is 2.34. The summed E-state index contributed by atoms with van der Waals surface area (Å²) >= 11 is 0. The molecule has 0 bridgehead atoms. The first-order valence-electron chi connectivity index (χ1n) is 6.41. The zero-order valence-electron chi connectivity index (χ0n) is 12.1. The molecule has 1 N–H and O–H groups in total. The molecule has 0 aliphatic rings. The van der Waals surface area contributed by atoms with E-state index in [1.807, 2.05) is 32.0 Å². The number of methoxy groups -OCH3 is 1. The Balaban J connectivity index is 2.56. The molecule has 0 aromatic heterocycles. The van der Waals surface area contributed by atoms with Crippen LogP contribution in [-0.4, -0.2) is 49.3 Å². The predicted molar refractivity (Wildman–Crippen MR) is 75.1 cm³/mol. The summed E-state index contributed by atoms with van der Waals surface area (Å²) in [6, 6.07) is 6.03. The van der Waals surface area contributed by atoms with Crippen molar-refractivity contribution in [3.63, 3.8) is 0 Å². The van der Waals surface area contributed by atoms with Crippen LogP contribution in [0.25, 0.3) is 0 Å². The van der Waals surface area contributed by atoms with Crippen LogP contribution in [0.5, 0.6) is 0 Å². The number of hydrogen-bond acceptors (Lipinski definition) is 3. The van der Waals surface area contributed by atoms with E-state index in [0.29, 0.717) is 6.42 Å². The number of aliphatic hydroxyl groups is 1. The van der Waals surface area contributed by atoms with Crippen molar-refractivity contribution < 1.29 is 14.6 Å². The van der Waals surface area contributed by atoms with Crippen LogP contribution in [0, 0.1) is 13.8 Å². The van der Waals surface area contributed by atoms with Crippen molar-refractivity contribution in [2.75, 3.05) is 27.3 Å². The molecule has 0 fully saturated rings. The Morgan fingerprint density at radius 1 is 1.37 bits per heavy atom. The molecule has 0 aliphatic heterocycles. The Morgan fingerprint density at radius 3 is 2.63 bits per heavy atom. The standard InChI is InChI=1S/C15H23NO3/c1-11-5-6-13(7-12(11)2)8-15(18)16(3)9-14(17)10-19-4/h5-7,14,17H,8-10H2,1-4H3. The van der Waals surface area contributed by atoms with Gasteiger partial charge in [-0.15, -0.1) is 0 Å². The van der Waals surface area contributed by atoms with Gasteiger partial charge in [0.2, 0.25) is 5.91 Å². The highest BCUT2D eigenvalue weighted by atomic mass is 16.5. The fraction of sp³-hybridized carbons (Fsp3) is 0.533. The van der Waals surface area contributed by atoms with Crippen LogP contribution in [-0.2, 0) is 16.0 Å². The van der Waals surface area contributed by atoms with Gasteiger partial charge in [-0.1, -0.05) is 18.2 Å². The molecule has 19 heavy (non-hydrogen) atoms. The number of benzene rings is 1. The van der Waals surface area contributed by atoms with E-state index in [9.17, 15) is 9.90 Å². The minimum absolute atomic E-state index is 0.00148. The largest absolute Gasteiger partial charge is 0.389 e. The molecular formula is C15H23NO3. The van der Waals surface area contributed by atoms with Gasteiger partial charge in [-0.05, 0) is 30.5 Å². The lowest BCUT2D eigenvalue weighted by molar-refractivity contribution is -0.130. The van der Waals surface area contributed by atoms with E-state index >= 15 is 0 Å². The molecule has 0 saturated carbocycles. The van der Waals surface area contributed by atoms with Gasteiger partial charge < -0.3 is 14.7 Å². The molecule has 1 unspecified atom stereocenters. The SMILES string of the molecule is COCC(O)CN(C)C(=O)Cc1ccc(C)c(C)c1. The molecule has 1 rings (SSSR count). The van der Waals surface area contributed by atoms with Gasteiger partial charge >= 0.3 is 0 Å². The van der Waals surface area contributed by atoms with E-state index in [0.717, 1.165) is 5.56 Å². The zero-order chi connectivity index (χ0) is 14.4. The van der Waals surface area contributed by atoms with Crippen molar-refractivity contribution in [2.24, 2.45) is 0 Å². The lowest BCUT2D eigenvalue weighted by atomic mass is 10.0. The van der Waals surface area contributed by atoms with Crippen molar-refractivity contribution >= 4 is 5.91 Å². The van der Waals surface area contributed by atoms with Gasteiger partial charge in [-0.2, -0.15) is 0 Å². The van der Waals surface area contributed by atoms with Crippen LogP contribution in [0.3, 0.4) is 0 Å². The molecule has 0 radical (unpaired) electrons. The Morgan fingerprint density at radius 2 is 2.05 bits per heavy atom. The highest BCUT2D eigenvalue weighted by molar-refractivity contribution is 5.78. The smallest absolute Gasteiger partial charge is 0.226 e. The number of carbonyl (C=O) groups is 1. The second-order valence-electron chi connectivity index (χ2n) is 4.98. The number of amides is 1. The summed E-state index contributed by atoms with van der Waals surface area (Å²) in [6.45, 7) is 4.61. The van der Waals surface area contributed by atoms with E-state index in [4.69, 9.17) is 4.74 Å². The molecule has 0 spiro atoms. The number of aryl methyl sites for hydroxylation is 2. The number of hydrogen-bond donors (Lipinski definition) is 1. The zero-order valence-corrected chi connectivity index (χ0v) is 12.1. The fourth-order valence-electron chi connectivity index (χ4n) is 1.89. The van der Waals surface area contributed by atoms with E-state index in [1.54, 1.807) is 11.9 Å². The topological polar surface area (TPSA) is 49.8 Å². The van der Waals surface area contributed by atoms with Gasteiger partial charge in [-0.25, -0.2) is 0 Å². The van der Waals surface area contributed by atoms with Crippen LogP contribution in [0.2, 0.25) is 0 Å². The van der Waals surface area contributed by atoms with Gasteiger partial charge in [0.15, 0.2) is 0 Å². The second-order valence-corrected chi connectivity index (χ2v) is 4.98. The van der Waals surface area contributed by atoms with E-state index < -0.39 is 6.10 Å². The summed E-state index contributed by atoms with van der Waals surface area (Å²) in [7, 11) is 3.22. The third kappa shape index (κ3) is 5.01. The number of aliphatic hydroxyl groups excluding tert-OH is 1. The maximum Gasteiger partial charge on any atom is 0.226 e. The normalized spacial score (nSPS) is 12.3. The van der Waals surface area contributed by atoms with Gasteiger partial charge in [0.05, 0.1) is 19.1 Å². The lowest BCUT2D eigenvalue weighted by Crippen LogP contribution is -2.37. The van der Waals surface area contributed by atoms with Crippen molar-refractivity contribution in [2.45, 2.75) is 26.4 Å². The van der Waals surface area contributed by atoms with Crippen LogP contribution in [0.15, 0.2) is 18.2 Å². The molecule has 0 saturated heterocycles. The van der Waals surface area contributed by atoms with Gasteiger partial charge in [0.1, 0.15) is 0 Å².